The Morgan fingerprint density at radius 1 is 0.964 bits per heavy atom. The van der Waals surface area contributed by atoms with E-state index in [0.29, 0.717) is 24.0 Å². The van der Waals surface area contributed by atoms with Crippen LogP contribution in [0, 0.1) is 11.8 Å². The number of allylic oxidation sites excluding steroid dienone is 1. The molecule has 2 aromatic rings. The summed E-state index contributed by atoms with van der Waals surface area (Å²) in [6, 6.07) is 20.0. The van der Waals surface area contributed by atoms with E-state index in [1.54, 1.807) is 6.08 Å². The van der Waals surface area contributed by atoms with Crippen LogP contribution < -0.4 is 0 Å². The predicted molar refractivity (Wildman–Crippen MR) is 111 cm³/mol. The quantitative estimate of drug-likeness (QED) is 0.655. The Hall–Kier alpha value is -2.52. The van der Waals surface area contributed by atoms with Gasteiger partial charge in [-0.1, -0.05) is 67.6 Å². The molecule has 146 valence electrons. The van der Waals surface area contributed by atoms with E-state index in [0.717, 1.165) is 17.6 Å². The van der Waals surface area contributed by atoms with Crippen molar-refractivity contribution < 1.29 is 14.9 Å². The molecule has 28 heavy (non-hydrogen) atoms. The van der Waals surface area contributed by atoms with Crippen LogP contribution in [0.3, 0.4) is 0 Å². The second-order valence-corrected chi connectivity index (χ2v) is 7.84. The largest absolute Gasteiger partial charge is 0.508 e. The fourth-order valence-electron chi connectivity index (χ4n) is 4.28. The van der Waals surface area contributed by atoms with E-state index in [1.165, 1.54) is 18.4 Å². The van der Waals surface area contributed by atoms with Gasteiger partial charge in [0.05, 0.1) is 6.10 Å². The summed E-state index contributed by atoms with van der Waals surface area (Å²) >= 11 is 0. The van der Waals surface area contributed by atoms with Crippen LogP contribution in [0.1, 0.15) is 49.3 Å². The Morgan fingerprint density at radius 3 is 2.11 bits per heavy atom. The van der Waals surface area contributed by atoms with Crippen molar-refractivity contribution in [3.05, 3.63) is 95.0 Å². The maximum Gasteiger partial charge on any atom is 0.122 e. The van der Waals surface area contributed by atoms with Crippen molar-refractivity contribution >= 4 is 0 Å². The van der Waals surface area contributed by atoms with Gasteiger partial charge >= 0.3 is 0 Å². The predicted octanol–water partition coefficient (Wildman–Crippen LogP) is 5.67. The third-order valence-electron chi connectivity index (χ3n) is 5.96. The van der Waals surface area contributed by atoms with Gasteiger partial charge in [-0.25, -0.2) is 0 Å². The lowest BCUT2D eigenvalue weighted by molar-refractivity contribution is 0.0746. The van der Waals surface area contributed by atoms with Crippen molar-refractivity contribution in [2.45, 2.75) is 38.2 Å². The van der Waals surface area contributed by atoms with Gasteiger partial charge in [-0.2, -0.15) is 0 Å². The van der Waals surface area contributed by atoms with Crippen molar-refractivity contribution in [2.75, 3.05) is 6.61 Å². The smallest absolute Gasteiger partial charge is 0.122 e. The molecule has 1 aliphatic heterocycles. The lowest BCUT2D eigenvalue weighted by Gasteiger charge is -2.30. The summed E-state index contributed by atoms with van der Waals surface area (Å²) in [7, 11) is 0. The van der Waals surface area contributed by atoms with Crippen LogP contribution in [0.25, 0.3) is 0 Å². The molecule has 2 aromatic carbocycles. The molecule has 2 N–H and O–H groups in total. The van der Waals surface area contributed by atoms with Crippen LogP contribution in [0.4, 0.5) is 0 Å². The summed E-state index contributed by atoms with van der Waals surface area (Å²) in [6.07, 6.45) is 4.20. The number of aliphatic hydroxyl groups excluding tert-OH is 2. The third kappa shape index (κ3) is 3.85. The van der Waals surface area contributed by atoms with Crippen molar-refractivity contribution in [3.63, 3.8) is 0 Å². The maximum atomic E-state index is 10.9. The van der Waals surface area contributed by atoms with E-state index >= 15 is 0 Å². The molecule has 3 nitrogen and oxygen atoms in total. The van der Waals surface area contributed by atoms with E-state index < -0.39 is 6.10 Å². The highest BCUT2D eigenvalue weighted by Crippen LogP contribution is 2.48. The molecule has 0 saturated heterocycles. The third-order valence-corrected chi connectivity index (χ3v) is 5.96. The summed E-state index contributed by atoms with van der Waals surface area (Å²) in [5, 5.41) is 21.7. The number of hydrogen-bond acceptors (Lipinski definition) is 3. The van der Waals surface area contributed by atoms with E-state index in [2.05, 4.69) is 24.3 Å². The van der Waals surface area contributed by atoms with Crippen LogP contribution in [0.5, 0.6) is 0 Å². The average Bonchev–Trinajstić information content (AvgIpc) is 3.57. The zero-order valence-corrected chi connectivity index (χ0v) is 16.3. The molecule has 0 unspecified atom stereocenters. The fourth-order valence-corrected chi connectivity index (χ4v) is 4.28. The van der Waals surface area contributed by atoms with E-state index in [1.807, 2.05) is 43.3 Å². The van der Waals surface area contributed by atoms with Gasteiger partial charge in [0.2, 0.25) is 0 Å². The normalized spacial score (nSPS) is 20.1. The summed E-state index contributed by atoms with van der Waals surface area (Å²) in [5.41, 5.74) is 3.07. The highest BCUT2D eigenvalue weighted by molar-refractivity contribution is 5.38. The minimum absolute atomic E-state index is 0.179. The molecule has 0 amide bonds. The van der Waals surface area contributed by atoms with E-state index in [9.17, 15) is 10.2 Å². The van der Waals surface area contributed by atoms with Gasteiger partial charge in [0, 0.05) is 23.5 Å². The highest BCUT2D eigenvalue weighted by Gasteiger charge is 2.38. The second-order valence-electron chi connectivity index (χ2n) is 7.84. The van der Waals surface area contributed by atoms with Crippen LogP contribution in [0.15, 0.2) is 83.8 Å². The Bertz CT molecular complexity index is 850. The van der Waals surface area contributed by atoms with Crippen LogP contribution in [0.2, 0.25) is 0 Å². The Kier molecular flexibility index (Phi) is 5.54. The minimum atomic E-state index is -0.653. The molecule has 0 aromatic heterocycles. The standard InChI is InChI=1S/C25H28O3/c1-2-20(25(27)19-11-7-4-8-12-19)23-15-22(26)21(16-28-23)24(18-13-14-18)17-9-5-3-6-10-17/h3-12,15,18,20,24-27H,2,13-14,16H2,1H3/t20-,24-,25-/m1/s1. The van der Waals surface area contributed by atoms with Crippen molar-refractivity contribution in [1.82, 2.24) is 0 Å². The lowest BCUT2D eigenvalue weighted by atomic mass is 9.84. The molecule has 1 saturated carbocycles. The van der Waals surface area contributed by atoms with Crippen molar-refractivity contribution in [3.8, 4) is 0 Å². The summed E-state index contributed by atoms with van der Waals surface area (Å²) in [6.45, 7) is 2.42. The van der Waals surface area contributed by atoms with Gasteiger partial charge in [-0.3, -0.25) is 0 Å². The van der Waals surface area contributed by atoms with Gasteiger partial charge < -0.3 is 14.9 Å². The molecule has 3 heteroatoms. The van der Waals surface area contributed by atoms with Crippen LogP contribution >= 0.6 is 0 Å². The molecular weight excluding hydrogens is 348 g/mol. The average molecular weight is 376 g/mol. The zero-order valence-electron chi connectivity index (χ0n) is 16.3. The second kappa shape index (κ2) is 8.24. The molecule has 0 spiro atoms. The molecule has 4 rings (SSSR count). The summed E-state index contributed by atoms with van der Waals surface area (Å²) < 4.78 is 6.12. The number of hydrogen-bond donors (Lipinski definition) is 2. The molecule has 0 radical (unpaired) electrons. The first-order valence-corrected chi connectivity index (χ1v) is 10.2. The maximum absolute atomic E-state index is 10.9. The summed E-state index contributed by atoms with van der Waals surface area (Å²) in [4.78, 5) is 0. The first-order chi connectivity index (χ1) is 13.7. The Labute approximate surface area is 167 Å². The van der Waals surface area contributed by atoms with Crippen molar-refractivity contribution in [1.29, 1.82) is 0 Å². The molecule has 1 heterocycles. The SMILES string of the molecule is CC[C@H](C1=CC(O)=C([C@H](c2ccccc2)C2CC2)CO1)[C@H](O)c1ccccc1. The topological polar surface area (TPSA) is 49.7 Å². The van der Waals surface area contributed by atoms with E-state index in [-0.39, 0.29) is 11.8 Å². The molecule has 1 fully saturated rings. The Balaban J connectivity index is 1.62. The molecule has 2 aliphatic rings. The fraction of sp³-hybridized carbons (Fsp3) is 0.360. The van der Waals surface area contributed by atoms with Gasteiger partial charge in [-0.15, -0.1) is 0 Å². The number of aliphatic hydroxyl groups is 2. The first kappa shape index (κ1) is 18.8. The summed E-state index contributed by atoms with van der Waals surface area (Å²) in [5.74, 6) is 1.58. The van der Waals surface area contributed by atoms with Crippen LogP contribution in [-0.4, -0.2) is 16.8 Å². The molecule has 3 atom stereocenters. The van der Waals surface area contributed by atoms with Gasteiger partial charge in [0.15, 0.2) is 0 Å². The monoisotopic (exact) mass is 376 g/mol. The number of benzene rings is 2. The zero-order chi connectivity index (χ0) is 19.5. The molecule has 0 bridgehead atoms. The highest BCUT2D eigenvalue weighted by atomic mass is 16.5. The van der Waals surface area contributed by atoms with Crippen LogP contribution in [-0.2, 0) is 4.74 Å². The first-order valence-electron chi connectivity index (χ1n) is 10.2. The minimum Gasteiger partial charge on any atom is -0.508 e. The van der Waals surface area contributed by atoms with Crippen molar-refractivity contribution in [2.24, 2.45) is 11.8 Å². The Morgan fingerprint density at radius 2 is 1.57 bits per heavy atom. The molecule has 1 aliphatic carbocycles. The van der Waals surface area contributed by atoms with Gasteiger partial charge in [-0.05, 0) is 36.3 Å². The number of ether oxygens (including phenoxy) is 1. The van der Waals surface area contributed by atoms with Gasteiger partial charge in [0.1, 0.15) is 18.1 Å². The number of rotatable bonds is 7. The lowest BCUT2D eigenvalue weighted by Crippen LogP contribution is -2.22. The molecular formula is C25H28O3. The van der Waals surface area contributed by atoms with E-state index in [4.69, 9.17) is 4.74 Å². The van der Waals surface area contributed by atoms with Gasteiger partial charge in [0.25, 0.3) is 0 Å².